The number of hydrogen-bond donors (Lipinski definition) is 4. The molecule has 2 aromatic heterocycles. The Hall–Kier alpha value is -3.43. The maximum absolute atomic E-state index is 12.4. The van der Waals surface area contributed by atoms with Gasteiger partial charge in [-0.1, -0.05) is 20.8 Å². The van der Waals surface area contributed by atoms with E-state index in [0.29, 0.717) is 35.3 Å². The normalized spacial score (nSPS) is 18.1. The quantitative estimate of drug-likeness (QED) is 0.450. The highest BCUT2D eigenvalue weighted by Crippen LogP contribution is 2.28. The van der Waals surface area contributed by atoms with Crippen molar-refractivity contribution in [3.05, 3.63) is 23.5 Å². The van der Waals surface area contributed by atoms with Gasteiger partial charge in [0.2, 0.25) is 5.91 Å². The number of nitrogens with one attached hydrogen (secondary N) is 4. The number of carbonyl (C=O) groups excluding carboxylic acids is 3. The molecular formula is C19H23N7O3. The van der Waals surface area contributed by atoms with Gasteiger partial charge in [0.1, 0.15) is 17.3 Å². The van der Waals surface area contributed by atoms with Crippen LogP contribution in [0.4, 0.5) is 16.4 Å². The Morgan fingerprint density at radius 1 is 1.31 bits per heavy atom. The Balaban J connectivity index is 1.71. The van der Waals surface area contributed by atoms with E-state index < -0.39 is 11.9 Å². The van der Waals surface area contributed by atoms with Gasteiger partial charge in [0.15, 0.2) is 5.65 Å². The molecule has 1 aliphatic heterocycles. The molecule has 0 radical (unpaired) electrons. The van der Waals surface area contributed by atoms with Crippen LogP contribution in [0.25, 0.3) is 11.7 Å². The number of hydrogen-bond acceptors (Lipinski definition) is 6. The van der Waals surface area contributed by atoms with E-state index in [1.807, 2.05) is 20.8 Å². The first-order valence-electron chi connectivity index (χ1n) is 9.47. The van der Waals surface area contributed by atoms with E-state index in [9.17, 15) is 14.4 Å². The van der Waals surface area contributed by atoms with Gasteiger partial charge in [-0.2, -0.15) is 9.61 Å². The van der Waals surface area contributed by atoms with E-state index in [0.717, 1.165) is 12.8 Å². The summed E-state index contributed by atoms with van der Waals surface area (Å²) < 4.78 is 1.62. The fourth-order valence-corrected chi connectivity index (χ4v) is 2.99. The van der Waals surface area contributed by atoms with Crippen molar-refractivity contribution in [2.45, 2.75) is 46.1 Å². The number of imide groups is 1. The van der Waals surface area contributed by atoms with Crippen molar-refractivity contribution in [2.24, 2.45) is 5.41 Å². The molecule has 29 heavy (non-hydrogen) atoms. The third-order valence-corrected chi connectivity index (χ3v) is 4.41. The minimum Gasteiger partial charge on any atom is -0.367 e. The van der Waals surface area contributed by atoms with Crippen LogP contribution < -0.4 is 21.3 Å². The van der Waals surface area contributed by atoms with Gasteiger partial charge in [-0.15, -0.1) is 0 Å². The SMILES string of the molecule is CC(C)(C)CC(=O)Nc1cc(NC2CC2)n2ncc(/C=C3\NC(=O)NC3=O)c2n1. The number of urea groups is 1. The maximum atomic E-state index is 12.4. The molecule has 4 N–H and O–H groups in total. The van der Waals surface area contributed by atoms with E-state index in [1.54, 1.807) is 16.8 Å². The zero-order valence-electron chi connectivity index (χ0n) is 16.5. The monoisotopic (exact) mass is 397 g/mol. The van der Waals surface area contributed by atoms with Crippen molar-refractivity contribution in [3.63, 3.8) is 0 Å². The van der Waals surface area contributed by atoms with E-state index in [4.69, 9.17) is 0 Å². The molecule has 10 heteroatoms. The van der Waals surface area contributed by atoms with Crippen LogP contribution >= 0.6 is 0 Å². The van der Waals surface area contributed by atoms with Gasteiger partial charge in [0.05, 0.1) is 6.20 Å². The van der Waals surface area contributed by atoms with Crippen molar-refractivity contribution in [2.75, 3.05) is 10.6 Å². The lowest BCUT2D eigenvalue weighted by atomic mass is 9.92. The van der Waals surface area contributed by atoms with Gasteiger partial charge in [0.25, 0.3) is 5.91 Å². The molecule has 4 amide bonds. The van der Waals surface area contributed by atoms with Gasteiger partial charge in [-0.3, -0.25) is 14.9 Å². The third-order valence-electron chi connectivity index (χ3n) is 4.41. The lowest BCUT2D eigenvalue weighted by Gasteiger charge is -2.17. The summed E-state index contributed by atoms with van der Waals surface area (Å²) in [7, 11) is 0. The van der Waals surface area contributed by atoms with Crippen LogP contribution in [-0.2, 0) is 9.59 Å². The highest BCUT2D eigenvalue weighted by molar-refractivity contribution is 6.14. The fourth-order valence-electron chi connectivity index (χ4n) is 2.99. The third kappa shape index (κ3) is 4.36. The van der Waals surface area contributed by atoms with Crippen molar-refractivity contribution in [3.8, 4) is 0 Å². The first-order chi connectivity index (χ1) is 13.7. The van der Waals surface area contributed by atoms with Crippen LogP contribution in [0, 0.1) is 5.41 Å². The number of nitrogens with zero attached hydrogens (tertiary/aromatic N) is 3. The molecule has 152 valence electrons. The summed E-state index contributed by atoms with van der Waals surface area (Å²) in [6.07, 6.45) is 5.57. The second-order valence-corrected chi connectivity index (χ2v) is 8.53. The second-order valence-electron chi connectivity index (χ2n) is 8.53. The average molecular weight is 397 g/mol. The summed E-state index contributed by atoms with van der Waals surface area (Å²) in [5.41, 5.74) is 0.973. The Morgan fingerprint density at radius 3 is 2.69 bits per heavy atom. The first kappa shape index (κ1) is 18.9. The summed E-state index contributed by atoms with van der Waals surface area (Å²) in [5.74, 6) is 0.456. The first-order valence-corrected chi connectivity index (χ1v) is 9.47. The van der Waals surface area contributed by atoms with Crippen molar-refractivity contribution in [1.82, 2.24) is 25.2 Å². The zero-order chi connectivity index (χ0) is 20.8. The summed E-state index contributed by atoms with van der Waals surface area (Å²) in [5, 5.41) is 15.2. The molecule has 3 heterocycles. The average Bonchev–Trinajstić information content (AvgIpc) is 3.22. The topological polar surface area (TPSA) is 130 Å². The Morgan fingerprint density at radius 2 is 2.07 bits per heavy atom. The highest BCUT2D eigenvalue weighted by atomic mass is 16.2. The molecule has 1 saturated heterocycles. The van der Waals surface area contributed by atoms with Gasteiger partial charge in [-0.05, 0) is 24.3 Å². The molecule has 2 aromatic rings. The Labute approximate surface area is 167 Å². The van der Waals surface area contributed by atoms with Crippen LogP contribution in [0.5, 0.6) is 0 Å². The molecule has 0 aromatic carbocycles. The van der Waals surface area contributed by atoms with Crippen LogP contribution in [0.15, 0.2) is 18.0 Å². The number of anilines is 2. The zero-order valence-corrected chi connectivity index (χ0v) is 16.5. The molecule has 2 fully saturated rings. The molecule has 0 atom stereocenters. The number of rotatable bonds is 5. The molecule has 2 aliphatic rings. The van der Waals surface area contributed by atoms with E-state index in [1.165, 1.54) is 6.08 Å². The second kappa shape index (κ2) is 6.87. The lowest BCUT2D eigenvalue weighted by molar-refractivity contribution is -0.118. The van der Waals surface area contributed by atoms with Crippen molar-refractivity contribution < 1.29 is 14.4 Å². The van der Waals surface area contributed by atoms with Crippen LogP contribution in [0.3, 0.4) is 0 Å². The summed E-state index contributed by atoms with van der Waals surface area (Å²) in [6.45, 7) is 5.97. The fraction of sp³-hybridized carbons (Fsp3) is 0.421. The van der Waals surface area contributed by atoms with E-state index >= 15 is 0 Å². The van der Waals surface area contributed by atoms with E-state index in [2.05, 4.69) is 31.3 Å². The molecule has 0 bridgehead atoms. The highest BCUT2D eigenvalue weighted by Gasteiger charge is 2.25. The minimum absolute atomic E-state index is 0.116. The minimum atomic E-state index is -0.572. The molecule has 4 rings (SSSR count). The number of amides is 4. The molecule has 1 aliphatic carbocycles. The Kier molecular flexibility index (Phi) is 4.48. The predicted octanol–water partition coefficient (Wildman–Crippen LogP) is 1.86. The molecule has 1 saturated carbocycles. The van der Waals surface area contributed by atoms with Gasteiger partial charge in [-0.25, -0.2) is 9.78 Å². The maximum Gasteiger partial charge on any atom is 0.326 e. The lowest BCUT2D eigenvalue weighted by Crippen LogP contribution is -2.22. The van der Waals surface area contributed by atoms with E-state index in [-0.39, 0.29) is 17.0 Å². The smallest absolute Gasteiger partial charge is 0.326 e. The predicted molar refractivity (Wildman–Crippen MR) is 107 cm³/mol. The van der Waals surface area contributed by atoms with Gasteiger partial charge in [0, 0.05) is 24.1 Å². The molecule has 10 nitrogen and oxygen atoms in total. The standard InChI is InChI=1S/C19H23N7O3/c1-19(2,3)8-15(27)23-13-7-14(21-11-4-5-11)26-16(24-13)10(9-20-26)6-12-17(28)25-18(29)22-12/h6-7,9,11,21H,4-5,8H2,1-3H3,(H,23,24,27)(H2,22,25,28,29)/b12-6-. The number of carbonyl (C=O) groups is 3. The summed E-state index contributed by atoms with van der Waals surface area (Å²) in [6, 6.07) is 1.54. The van der Waals surface area contributed by atoms with Crippen molar-refractivity contribution in [1.29, 1.82) is 0 Å². The van der Waals surface area contributed by atoms with Crippen LogP contribution in [-0.4, -0.2) is 38.5 Å². The number of fused-ring (bicyclic) bond motifs is 1. The van der Waals surface area contributed by atoms with Gasteiger partial charge < -0.3 is 16.0 Å². The molecule has 0 spiro atoms. The summed E-state index contributed by atoms with van der Waals surface area (Å²) in [4.78, 5) is 40.1. The van der Waals surface area contributed by atoms with Crippen molar-refractivity contribution >= 4 is 41.2 Å². The van der Waals surface area contributed by atoms with Crippen LogP contribution in [0.2, 0.25) is 0 Å². The number of aromatic nitrogens is 3. The summed E-state index contributed by atoms with van der Waals surface area (Å²) >= 11 is 0. The molecule has 0 unspecified atom stereocenters. The molecular weight excluding hydrogens is 374 g/mol. The van der Waals surface area contributed by atoms with Crippen LogP contribution in [0.1, 0.15) is 45.6 Å². The van der Waals surface area contributed by atoms with Gasteiger partial charge >= 0.3 is 6.03 Å². The Bertz CT molecular complexity index is 1040. The largest absolute Gasteiger partial charge is 0.367 e.